The van der Waals surface area contributed by atoms with Crippen molar-refractivity contribution in [1.29, 1.82) is 0 Å². The maximum Gasteiger partial charge on any atom is 0.271 e. The Hall–Kier alpha value is -3.71. The zero-order valence-electron chi connectivity index (χ0n) is 16.1. The lowest BCUT2D eigenvalue weighted by molar-refractivity contribution is -0.384. The number of nitro groups is 1. The van der Waals surface area contributed by atoms with E-state index in [1.807, 2.05) is 60.7 Å². The number of methoxy groups -OCH3 is 1. The van der Waals surface area contributed by atoms with Crippen LogP contribution >= 0.6 is 11.3 Å². The van der Waals surface area contributed by atoms with E-state index < -0.39 is 4.92 Å². The molecule has 0 aliphatic carbocycles. The lowest BCUT2D eigenvalue weighted by Gasteiger charge is -2.11. The van der Waals surface area contributed by atoms with Gasteiger partial charge in [0.05, 0.1) is 22.2 Å². The Morgan fingerprint density at radius 2 is 1.87 bits per heavy atom. The molecular formula is C23H18N2O4S. The summed E-state index contributed by atoms with van der Waals surface area (Å²) in [5, 5.41) is 11.7. The van der Waals surface area contributed by atoms with Crippen LogP contribution in [0, 0.1) is 10.1 Å². The van der Waals surface area contributed by atoms with Gasteiger partial charge in [-0.25, -0.2) is 4.98 Å². The van der Waals surface area contributed by atoms with Crippen LogP contribution < -0.4 is 9.47 Å². The summed E-state index contributed by atoms with van der Waals surface area (Å²) in [6.45, 7) is 0.445. The van der Waals surface area contributed by atoms with E-state index in [-0.39, 0.29) is 5.69 Å². The van der Waals surface area contributed by atoms with Crippen LogP contribution in [0.4, 0.5) is 5.69 Å². The predicted molar refractivity (Wildman–Crippen MR) is 119 cm³/mol. The Morgan fingerprint density at radius 1 is 1.03 bits per heavy atom. The molecule has 4 rings (SSSR count). The number of benzene rings is 3. The highest BCUT2D eigenvalue weighted by Gasteiger charge is 2.10. The molecule has 6 nitrogen and oxygen atoms in total. The molecule has 0 atom stereocenters. The van der Waals surface area contributed by atoms with Gasteiger partial charge in [-0.15, -0.1) is 11.3 Å². The molecule has 0 bridgehead atoms. The molecule has 0 fully saturated rings. The molecule has 0 unspecified atom stereocenters. The van der Waals surface area contributed by atoms with Gasteiger partial charge in [0, 0.05) is 12.1 Å². The van der Waals surface area contributed by atoms with Crippen LogP contribution in [-0.4, -0.2) is 17.0 Å². The van der Waals surface area contributed by atoms with Gasteiger partial charge in [-0.05, 0) is 35.4 Å². The zero-order valence-corrected chi connectivity index (χ0v) is 17.0. The molecule has 7 heteroatoms. The topological polar surface area (TPSA) is 74.5 Å². The van der Waals surface area contributed by atoms with Crippen molar-refractivity contribution in [2.75, 3.05) is 7.11 Å². The van der Waals surface area contributed by atoms with Gasteiger partial charge < -0.3 is 9.47 Å². The largest absolute Gasteiger partial charge is 0.493 e. The molecule has 3 aromatic carbocycles. The third-order valence-electron chi connectivity index (χ3n) is 4.44. The van der Waals surface area contributed by atoms with Crippen LogP contribution in [0.15, 0.2) is 66.7 Å². The van der Waals surface area contributed by atoms with Gasteiger partial charge in [0.2, 0.25) is 0 Å². The molecule has 0 saturated carbocycles. The minimum absolute atomic E-state index is 0.0405. The van der Waals surface area contributed by atoms with E-state index in [2.05, 4.69) is 4.98 Å². The van der Waals surface area contributed by atoms with E-state index in [0.717, 1.165) is 20.8 Å². The van der Waals surface area contributed by atoms with Crippen molar-refractivity contribution in [3.8, 4) is 11.5 Å². The minimum atomic E-state index is -0.414. The number of nitrogens with zero attached hydrogens (tertiary/aromatic N) is 2. The van der Waals surface area contributed by atoms with Gasteiger partial charge in [-0.3, -0.25) is 10.1 Å². The van der Waals surface area contributed by atoms with Gasteiger partial charge in [0.25, 0.3) is 5.69 Å². The highest BCUT2D eigenvalue weighted by molar-refractivity contribution is 7.19. The van der Waals surface area contributed by atoms with Crippen LogP contribution in [-0.2, 0) is 6.61 Å². The minimum Gasteiger partial charge on any atom is -0.493 e. The molecule has 150 valence electrons. The van der Waals surface area contributed by atoms with E-state index in [1.54, 1.807) is 13.2 Å². The van der Waals surface area contributed by atoms with Crippen molar-refractivity contribution in [2.45, 2.75) is 6.61 Å². The van der Waals surface area contributed by atoms with Gasteiger partial charge in [-0.1, -0.05) is 42.5 Å². The first kappa shape index (κ1) is 19.6. The quantitative estimate of drug-likeness (QED) is 0.273. The van der Waals surface area contributed by atoms with Crippen molar-refractivity contribution in [1.82, 2.24) is 4.98 Å². The number of rotatable bonds is 7. The van der Waals surface area contributed by atoms with Crippen LogP contribution in [0.1, 0.15) is 16.1 Å². The summed E-state index contributed by atoms with van der Waals surface area (Å²) in [7, 11) is 1.61. The molecule has 30 heavy (non-hydrogen) atoms. The number of thiazole rings is 1. The van der Waals surface area contributed by atoms with Crippen LogP contribution in [0.2, 0.25) is 0 Å². The smallest absolute Gasteiger partial charge is 0.271 e. The first-order chi connectivity index (χ1) is 14.6. The van der Waals surface area contributed by atoms with Crippen molar-refractivity contribution in [2.24, 2.45) is 0 Å². The maximum absolute atomic E-state index is 10.9. The Bertz CT molecular complexity index is 1220. The molecule has 0 aliphatic heterocycles. The Morgan fingerprint density at radius 3 is 2.63 bits per heavy atom. The second-order valence-corrected chi connectivity index (χ2v) is 7.54. The number of hydrogen-bond acceptors (Lipinski definition) is 6. The van der Waals surface area contributed by atoms with Gasteiger partial charge in [0.15, 0.2) is 11.5 Å². The summed E-state index contributed by atoms with van der Waals surface area (Å²) in [4.78, 5) is 15.0. The lowest BCUT2D eigenvalue weighted by Crippen LogP contribution is -1.97. The summed E-state index contributed by atoms with van der Waals surface area (Å²) in [6, 6.07) is 20.4. The standard InChI is InChI=1S/C23H18N2O4S/c1-28-20-10-7-16(13-21(20)29-15-17-5-3-2-4-6-17)8-12-23-24-19-14-18(25(26)27)9-11-22(19)30-23/h2-14H,15H2,1H3/b12-8+. The Labute approximate surface area is 177 Å². The lowest BCUT2D eigenvalue weighted by atomic mass is 10.2. The SMILES string of the molecule is COc1ccc(/C=C/c2nc3cc([N+](=O)[O-])ccc3s2)cc1OCc1ccccc1. The maximum atomic E-state index is 10.9. The monoisotopic (exact) mass is 418 g/mol. The average molecular weight is 418 g/mol. The van der Waals surface area contributed by atoms with E-state index in [1.165, 1.54) is 23.5 Å². The van der Waals surface area contributed by atoms with Crippen molar-refractivity contribution in [3.63, 3.8) is 0 Å². The molecule has 0 N–H and O–H groups in total. The fourth-order valence-electron chi connectivity index (χ4n) is 2.93. The summed E-state index contributed by atoms with van der Waals surface area (Å²) < 4.78 is 12.3. The summed E-state index contributed by atoms with van der Waals surface area (Å²) in [5.74, 6) is 1.32. The summed E-state index contributed by atoms with van der Waals surface area (Å²) in [5.41, 5.74) is 2.67. The van der Waals surface area contributed by atoms with Crippen LogP contribution in [0.3, 0.4) is 0 Å². The molecule has 4 aromatic rings. The van der Waals surface area contributed by atoms with E-state index in [4.69, 9.17) is 9.47 Å². The van der Waals surface area contributed by atoms with Gasteiger partial charge >= 0.3 is 0 Å². The highest BCUT2D eigenvalue weighted by atomic mass is 32.1. The molecule has 0 amide bonds. The number of aromatic nitrogens is 1. The molecule has 0 saturated heterocycles. The second-order valence-electron chi connectivity index (χ2n) is 6.48. The highest BCUT2D eigenvalue weighted by Crippen LogP contribution is 2.31. The summed E-state index contributed by atoms with van der Waals surface area (Å²) >= 11 is 1.48. The van der Waals surface area contributed by atoms with Crippen LogP contribution in [0.5, 0.6) is 11.5 Å². The summed E-state index contributed by atoms with van der Waals surface area (Å²) in [6.07, 6.45) is 3.82. The van der Waals surface area contributed by atoms with Crippen molar-refractivity contribution >= 4 is 39.4 Å². The van der Waals surface area contributed by atoms with E-state index in [9.17, 15) is 10.1 Å². The number of hydrogen-bond donors (Lipinski definition) is 0. The van der Waals surface area contributed by atoms with Crippen molar-refractivity contribution in [3.05, 3.63) is 93.0 Å². The normalized spacial score (nSPS) is 11.1. The molecule has 0 radical (unpaired) electrons. The molecule has 0 spiro atoms. The first-order valence-electron chi connectivity index (χ1n) is 9.20. The number of ether oxygens (including phenoxy) is 2. The Balaban J connectivity index is 1.54. The second kappa shape index (κ2) is 8.75. The fourth-order valence-corrected chi connectivity index (χ4v) is 3.78. The van der Waals surface area contributed by atoms with Crippen LogP contribution in [0.25, 0.3) is 22.4 Å². The number of nitro benzene ring substituents is 1. The van der Waals surface area contributed by atoms with Gasteiger partial charge in [0.1, 0.15) is 11.6 Å². The first-order valence-corrected chi connectivity index (χ1v) is 10.0. The third kappa shape index (κ3) is 4.47. The number of non-ortho nitro benzene ring substituents is 1. The molecular weight excluding hydrogens is 400 g/mol. The van der Waals surface area contributed by atoms with E-state index >= 15 is 0 Å². The molecule has 1 aromatic heterocycles. The van der Waals surface area contributed by atoms with E-state index in [0.29, 0.717) is 23.6 Å². The third-order valence-corrected chi connectivity index (χ3v) is 5.44. The van der Waals surface area contributed by atoms with Crippen molar-refractivity contribution < 1.29 is 14.4 Å². The molecule has 0 aliphatic rings. The number of fused-ring (bicyclic) bond motifs is 1. The van der Waals surface area contributed by atoms with Gasteiger partial charge in [-0.2, -0.15) is 0 Å². The average Bonchev–Trinajstić information content (AvgIpc) is 3.19. The zero-order chi connectivity index (χ0) is 20.9. The fraction of sp³-hybridized carbons (Fsp3) is 0.0870. The molecule has 1 heterocycles. The Kier molecular flexibility index (Phi) is 5.72. The predicted octanol–water partition coefficient (Wildman–Crippen LogP) is 5.96.